The van der Waals surface area contributed by atoms with E-state index in [0.717, 1.165) is 17.0 Å². The monoisotopic (exact) mass is 285 g/mol. The number of nitrogens with one attached hydrogen (secondary N) is 1. The van der Waals surface area contributed by atoms with E-state index in [1.807, 2.05) is 30.3 Å². The van der Waals surface area contributed by atoms with Crippen LogP contribution in [-0.4, -0.2) is 15.2 Å². The second-order valence-electron chi connectivity index (χ2n) is 4.57. The van der Waals surface area contributed by atoms with E-state index < -0.39 is 0 Å². The Balaban J connectivity index is 1.79. The third kappa shape index (κ3) is 2.95. The number of aliphatic hydroxyl groups excluding tert-OH is 1. The Morgan fingerprint density at radius 3 is 2.67 bits per heavy atom. The fourth-order valence-corrected chi connectivity index (χ4v) is 2.01. The Labute approximate surface area is 121 Å². The molecule has 0 fully saturated rings. The molecule has 6 nitrogen and oxygen atoms in total. The van der Waals surface area contributed by atoms with E-state index in [9.17, 15) is 0 Å². The molecule has 21 heavy (non-hydrogen) atoms. The van der Waals surface area contributed by atoms with Crippen LogP contribution in [0.2, 0.25) is 0 Å². The zero-order valence-corrected chi connectivity index (χ0v) is 11.5. The van der Waals surface area contributed by atoms with Gasteiger partial charge in [-0.2, -0.15) is 4.98 Å². The van der Waals surface area contributed by atoms with Gasteiger partial charge in [0.15, 0.2) is 5.82 Å². The summed E-state index contributed by atoms with van der Waals surface area (Å²) in [6.45, 7) is 2.18. The molecule has 2 heterocycles. The molecule has 108 valence electrons. The van der Waals surface area contributed by atoms with Gasteiger partial charge in [-0.1, -0.05) is 17.3 Å². The standard InChI is InChI=1S/C15H15N3O3/c1-10-17-15(21-18-10)13-4-2-3-5-14(13)16-8-11-6-7-12(9-19)20-11/h2-7,16,19H,8-9H2,1H3. The molecule has 0 bridgehead atoms. The molecule has 6 heteroatoms. The highest BCUT2D eigenvalue weighted by atomic mass is 16.5. The number of anilines is 1. The van der Waals surface area contributed by atoms with Crippen LogP contribution in [0.25, 0.3) is 11.5 Å². The van der Waals surface area contributed by atoms with Crippen molar-refractivity contribution < 1.29 is 14.0 Å². The molecule has 0 aliphatic heterocycles. The molecule has 3 rings (SSSR count). The average Bonchev–Trinajstić information content (AvgIpc) is 3.14. The number of rotatable bonds is 5. The highest BCUT2D eigenvalue weighted by Crippen LogP contribution is 2.26. The smallest absolute Gasteiger partial charge is 0.260 e. The van der Waals surface area contributed by atoms with Gasteiger partial charge < -0.3 is 19.4 Å². The Morgan fingerprint density at radius 2 is 1.95 bits per heavy atom. The van der Waals surface area contributed by atoms with Crippen molar-refractivity contribution in [2.75, 3.05) is 5.32 Å². The number of aliphatic hydroxyl groups is 1. The van der Waals surface area contributed by atoms with Crippen molar-refractivity contribution in [3.05, 3.63) is 53.7 Å². The van der Waals surface area contributed by atoms with E-state index in [-0.39, 0.29) is 6.61 Å². The number of aryl methyl sites for hydroxylation is 1. The molecule has 1 aromatic carbocycles. The summed E-state index contributed by atoms with van der Waals surface area (Å²) in [7, 11) is 0. The summed E-state index contributed by atoms with van der Waals surface area (Å²) >= 11 is 0. The lowest BCUT2D eigenvalue weighted by Crippen LogP contribution is -2.00. The van der Waals surface area contributed by atoms with E-state index in [0.29, 0.717) is 24.0 Å². The molecular weight excluding hydrogens is 270 g/mol. The lowest BCUT2D eigenvalue weighted by atomic mass is 10.1. The third-order valence-electron chi connectivity index (χ3n) is 3.01. The minimum absolute atomic E-state index is 0.0994. The number of benzene rings is 1. The van der Waals surface area contributed by atoms with Gasteiger partial charge in [0.25, 0.3) is 5.89 Å². The first kappa shape index (κ1) is 13.4. The van der Waals surface area contributed by atoms with Gasteiger partial charge in [-0.15, -0.1) is 0 Å². The van der Waals surface area contributed by atoms with Crippen LogP contribution in [0.5, 0.6) is 0 Å². The number of furan rings is 1. The molecule has 0 saturated heterocycles. The van der Waals surface area contributed by atoms with Gasteiger partial charge in [0.1, 0.15) is 18.1 Å². The Bertz CT molecular complexity index is 733. The highest BCUT2D eigenvalue weighted by Gasteiger charge is 2.11. The van der Waals surface area contributed by atoms with Crippen LogP contribution in [0, 0.1) is 6.92 Å². The predicted molar refractivity (Wildman–Crippen MR) is 76.4 cm³/mol. The summed E-state index contributed by atoms with van der Waals surface area (Å²) < 4.78 is 10.6. The van der Waals surface area contributed by atoms with E-state index >= 15 is 0 Å². The summed E-state index contributed by atoms with van der Waals surface area (Å²) in [5, 5.41) is 16.1. The number of nitrogens with zero attached hydrogens (tertiary/aromatic N) is 2. The van der Waals surface area contributed by atoms with Gasteiger partial charge in [0, 0.05) is 5.69 Å². The molecule has 0 aliphatic carbocycles. The first-order chi connectivity index (χ1) is 10.3. The third-order valence-corrected chi connectivity index (χ3v) is 3.01. The van der Waals surface area contributed by atoms with Crippen LogP contribution in [0.15, 0.2) is 45.3 Å². The topological polar surface area (TPSA) is 84.3 Å². The van der Waals surface area contributed by atoms with Crippen LogP contribution < -0.4 is 5.32 Å². The molecule has 2 aromatic heterocycles. The lowest BCUT2D eigenvalue weighted by molar-refractivity contribution is 0.244. The fourth-order valence-electron chi connectivity index (χ4n) is 2.01. The molecule has 0 saturated carbocycles. The molecule has 0 spiro atoms. The number of hydrogen-bond donors (Lipinski definition) is 2. The quantitative estimate of drug-likeness (QED) is 0.750. The molecule has 3 aromatic rings. The normalized spacial score (nSPS) is 10.8. The number of aromatic nitrogens is 2. The zero-order chi connectivity index (χ0) is 14.7. The first-order valence-corrected chi connectivity index (χ1v) is 6.58. The summed E-state index contributed by atoms with van der Waals surface area (Å²) in [5.41, 5.74) is 1.72. The summed E-state index contributed by atoms with van der Waals surface area (Å²) in [6, 6.07) is 11.3. The van der Waals surface area contributed by atoms with Gasteiger partial charge in [-0.05, 0) is 31.2 Å². The van der Waals surface area contributed by atoms with Crippen LogP contribution in [-0.2, 0) is 13.2 Å². The van der Waals surface area contributed by atoms with Crippen LogP contribution in [0.1, 0.15) is 17.3 Å². The van der Waals surface area contributed by atoms with Crippen molar-refractivity contribution >= 4 is 5.69 Å². The van der Waals surface area contributed by atoms with Crippen LogP contribution in [0.4, 0.5) is 5.69 Å². The maximum absolute atomic E-state index is 8.99. The first-order valence-electron chi connectivity index (χ1n) is 6.58. The van der Waals surface area contributed by atoms with Crippen molar-refractivity contribution in [3.8, 4) is 11.5 Å². The van der Waals surface area contributed by atoms with Gasteiger partial charge in [0.05, 0.1) is 12.1 Å². The molecule has 0 radical (unpaired) electrons. The summed E-state index contributed by atoms with van der Waals surface area (Å²) in [6.07, 6.45) is 0. The van der Waals surface area contributed by atoms with Gasteiger partial charge in [-0.3, -0.25) is 0 Å². The average molecular weight is 285 g/mol. The van der Waals surface area contributed by atoms with Gasteiger partial charge in [0.2, 0.25) is 0 Å². The van der Waals surface area contributed by atoms with Crippen molar-refractivity contribution in [1.82, 2.24) is 10.1 Å². The number of hydrogen-bond acceptors (Lipinski definition) is 6. The van der Waals surface area contributed by atoms with E-state index in [4.69, 9.17) is 14.0 Å². The summed E-state index contributed by atoms with van der Waals surface area (Å²) in [4.78, 5) is 4.24. The molecule has 0 unspecified atom stereocenters. The van der Waals surface area contributed by atoms with Crippen LogP contribution >= 0.6 is 0 Å². The molecular formula is C15H15N3O3. The van der Waals surface area contributed by atoms with Crippen molar-refractivity contribution in [3.63, 3.8) is 0 Å². The SMILES string of the molecule is Cc1noc(-c2ccccc2NCc2ccc(CO)o2)n1. The maximum atomic E-state index is 8.99. The molecule has 0 amide bonds. The maximum Gasteiger partial charge on any atom is 0.260 e. The van der Waals surface area contributed by atoms with Crippen molar-refractivity contribution in [2.45, 2.75) is 20.1 Å². The molecule has 0 aliphatic rings. The zero-order valence-electron chi connectivity index (χ0n) is 11.5. The van der Waals surface area contributed by atoms with Gasteiger partial charge >= 0.3 is 0 Å². The van der Waals surface area contributed by atoms with E-state index in [2.05, 4.69) is 15.5 Å². The van der Waals surface area contributed by atoms with E-state index in [1.54, 1.807) is 13.0 Å². The summed E-state index contributed by atoms with van der Waals surface area (Å²) in [5.74, 6) is 2.37. The Morgan fingerprint density at radius 1 is 1.14 bits per heavy atom. The predicted octanol–water partition coefficient (Wildman–Crippen LogP) is 2.74. The van der Waals surface area contributed by atoms with Gasteiger partial charge in [-0.25, -0.2) is 0 Å². The highest BCUT2D eigenvalue weighted by molar-refractivity contribution is 5.72. The van der Waals surface area contributed by atoms with Crippen molar-refractivity contribution in [1.29, 1.82) is 0 Å². The van der Waals surface area contributed by atoms with Crippen LogP contribution in [0.3, 0.4) is 0 Å². The minimum Gasteiger partial charge on any atom is -0.462 e. The second-order valence-corrected chi connectivity index (χ2v) is 4.57. The Kier molecular flexibility index (Phi) is 3.70. The minimum atomic E-state index is -0.0994. The fraction of sp³-hybridized carbons (Fsp3) is 0.200. The largest absolute Gasteiger partial charge is 0.462 e. The molecule has 0 atom stereocenters. The van der Waals surface area contributed by atoms with Crippen molar-refractivity contribution in [2.24, 2.45) is 0 Å². The second kappa shape index (κ2) is 5.80. The Hall–Kier alpha value is -2.60. The lowest BCUT2D eigenvalue weighted by Gasteiger charge is -2.08. The molecule has 2 N–H and O–H groups in total. The number of para-hydroxylation sites is 1. The van der Waals surface area contributed by atoms with E-state index in [1.165, 1.54) is 0 Å².